The summed E-state index contributed by atoms with van der Waals surface area (Å²) in [7, 11) is 0. The number of piperidine rings is 2. The first kappa shape index (κ1) is 33.2. The number of rotatable bonds is 6. The van der Waals surface area contributed by atoms with Gasteiger partial charge in [0.25, 0.3) is 11.8 Å². The fourth-order valence-corrected chi connectivity index (χ4v) is 6.18. The van der Waals surface area contributed by atoms with Gasteiger partial charge in [-0.2, -0.15) is 31.4 Å². The summed E-state index contributed by atoms with van der Waals surface area (Å²) in [6, 6.07) is 4.70. The number of pyridine rings is 2. The maximum Gasteiger partial charge on any atom is 0.418 e. The van der Waals surface area contributed by atoms with Crippen LogP contribution in [0.3, 0.4) is 0 Å². The third-order valence-corrected chi connectivity index (χ3v) is 8.75. The Hall–Kier alpha value is -4.69. The standard InChI is InChI=1S/C33H32F6N6O3/c1-20-15-42-45(18-20)24-5-9-44(10-6-24)30(46)21-11-22-16-41-29(14-25(22)26(12-21)31(47)43-7-3-2-4-8-43)48-19-28-27(33(37,38)39)13-23(17-40-28)32(34,35)36/h11-18,24H,2-10,19H2,1H3. The molecule has 0 bridgehead atoms. The van der Waals surface area contributed by atoms with Crippen LogP contribution in [0.5, 0.6) is 5.88 Å². The second kappa shape index (κ2) is 13.1. The van der Waals surface area contributed by atoms with Crippen molar-refractivity contribution in [3.63, 3.8) is 0 Å². The van der Waals surface area contributed by atoms with Crippen molar-refractivity contribution in [2.24, 2.45) is 0 Å². The Bertz CT molecular complexity index is 1820. The number of nitrogens with zero attached hydrogens (tertiary/aromatic N) is 6. The second-order valence-electron chi connectivity index (χ2n) is 12.1. The molecule has 2 saturated heterocycles. The van der Waals surface area contributed by atoms with E-state index in [0.29, 0.717) is 61.6 Å². The van der Waals surface area contributed by atoms with Gasteiger partial charge in [0, 0.05) is 72.7 Å². The summed E-state index contributed by atoms with van der Waals surface area (Å²) in [5.74, 6) is -0.712. The minimum absolute atomic E-state index is 0.00569. The number of alkyl halides is 6. The Morgan fingerprint density at radius 3 is 2.19 bits per heavy atom. The highest BCUT2D eigenvalue weighted by Gasteiger charge is 2.39. The van der Waals surface area contributed by atoms with Gasteiger partial charge in [-0.05, 0) is 62.8 Å². The lowest BCUT2D eigenvalue weighted by atomic mass is 9.98. The molecule has 254 valence electrons. The lowest BCUT2D eigenvalue weighted by Crippen LogP contribution is -2.39. The van der Waals surface area contributed by atoms with Crippen LogP contribution in [0.1, 0.15) is 81.2 Å². The van der Waals surface area contributed by atoms with Crippen molar-refractivity contribution in [2.75, 3.05) is 26.2 Å². The Morgan fingerprint density at radius 2 is 1.54 bits per heavy atom. The topological polar surface area (TPSA) is 93.5 Å². The van der Waals surface area contributed by atoms with Gasteiger partial charge in [0.05, 0.1) is 29.1 Å². The van der Waals surface area contributed by atoms with Gasteiger partial charge >= 0.3 is 12.4 Å². The van der Waals surface area contributed by atoms with Gasteiger partial charge in [0.2, 0.25) is 5.88 Å². The quantitative estimate of drug-likeness (QED) is 0.208. The molecule has 2 fully saturated rings. The molecule has 6 rings (SSSR count). The zero-order valence-electron chi connectivity index (χ0n) is 25.9. The first-order valence-electron chi connectivity index (χ1n) is 15.6. The SMILES string of the molecule is Cc1cnn(C2CCN(C(=O)c3cc(C(=O)N4CCCCC4)c4cc(OCc5ncc(C(F)(F)F)cc5C(F)(F)F)ncc4c3)CC2)c1. The number of carbonyl (C=O) groups excluding carboxylic acids is 2. The molecule has 3 aromatic heterocycles. The molecular formula is C33H32F6N6O3. The van der Waals surface area contributed by atoms with Crippen LogP contribution in [0.4, 0.5) is 26.3 Å². The lowest BCUT2D eigenvalue weighted by Gasteiger charge is -2.32. The highest BCUT2D eigenvalue weighted by atomic mass is 19.4. The average molecular weight is 675 g/mol. The number of carbonyl (C=O) groups is 2. The third-order valence-electron chi connectivity index (χ3n) is 8.75. The monoisotopic (exact) mass is 674 g/mol. The summed E-state index contributed by atoms with van der Waals surface area (Å²) in [5.41, 5.74) is -2.29. The van der Waals surface area contributed by atoms with Gasteiger partial charge in [-0.3, -0.25) is 19.3 Å². The van der Waals surface area contributed by atoms with Gasteiger partial charge in [0.1, 0.15) is 6.61 Å². The minimum atomic E-state index is -5.12. The number of ether oxygens (including phenoxy) is 1. The van der Waals surface area contributed by atoms with Crippen molar-refractivity contribution >= 4 is 22.6 Å². The molecule has 5 heterocycles. The first-order chi connectivity index (χ1) is 22.8. The molecule has 2 aliphatic rings. The van der Waals surface area contributed by atoms with Crippen molar-refractivity contribution in [2.45, 2.75) is 64.0 Å². The molecule has 0 unspecified atom stereocenters. The van der Waals surface area contributed by atoms with E-state index in [1.54, 1.807) is 22.1 Å². The number of likely N-dealkylation sites (tertiary alicyclic amines) is 2. The number of fused-ring (bicyclic) bond motifs is 1. The normalized spacial score (nSPS) is 16.4. The third kappa shape index (κ3) is 7.09. The van der Waals surface area contributed by atoms with E-state index in [1.807, 2.05) is 17.8 Å². The Kier molecular flexibility index (Phi) is 9.05. The molecule has 0 aliphatic carbocycles. The largest absolute Gasteiger partial charge is 0.471 e. The molecule has 2 aliphatic heterocycles. The van der Waals surface area contributed by atoms with Crippen LogP contribution in [0.2, 0.25) is 0 Å². The smallest absolute Gasteiger partial charge is 0.418 e. The molecule has 0 atom stereocenters. The van der Waals surface area contributed by atoms with E-state index >= 15 is 0 Å². The first-order valence-corrected chi connectivity index (χ1v) is 15.6. The Labute approximate surface area is 271 Å². The number of halogens is 6. The number of aryl methyl sites for hydroxylation is 1. The molecule has 1 aromatic carbocycles. The second-order valence-corrected chi connectivity index (χ2v) is 12.1. The number of benzene rings is 1. The average Bonchev–Trinajstić information content (AvgIpc) is 3.51. The molecule has 0 spiro atoms. The van der Waals surface area contributed by atoms with Gasteiger partial charge in [-0.25, -0.2) is 4.98 Å². The van der Waals surface area contributed by atoms with Crippen molar-refractivity contribution in [3.05, 3.63) is 82.6 Å². The van der Waals surface area contributed by atoms with E-state index in [2.05, 4.69) is 15.1 Å². The number of amides is 2. The van der Waals surface area contributed by atoms with E-state index in [-0.39, 0.29) is 35.4 Å². The molecular weight excluding hydrogens is 642 g/mol. The van der Waals surface area contributed by atoms with Crippen molar-refractivity contribution in [3.8, 4) is 5.88 Å². The molecule has 0 saturated carbocycles. The van der Waals surface area contributed by atoms with Gasteiger partial charge in [-0.1, -0.05) is 0 Å². The lowest BCUT2D eigenvalue weighted by molar-refractivity contribution is -0.144. The van der Waals surface area contributed by atoms with Crippen LogP contribution in [0.15, 0.2) is 49.1 Å². The maximum absolute atomic E-state index is 13.8. The summed E-state index contributed by atoms with van der Waals surface area (Å²) >= 11 is 0. The highest BCUT2D eigenvalue weighted by molar-refractivity contribution is 6.10. The Balaban J connectivity index is 1.28. The predicted octanol–water partition coefficient (Wildman–Crippen LogP) is 6.85. The van der Waals surface area contributed by atoms with Crippen molar-refractivity contribution in [1.82, 2.24) is 29.5 Å². The zero-order valence-corrected chi connectivity index (χ0v) is 25.9. The van der Waals surface area contributed by atoms with Crippen LogP contribution in [0, 0.1) is 6.92 Å². The summed E-state index contributed by atoms with van der Waals surface area (Å²) in [6.07, 6.45) is -0.631. The predicted molar refractivity (Wildman–Crippen MR) is 161 cm³/mol. The number of hydrogen-bond acceptors (Lipinski definition) is 6. The summed E-state index contributed by atoms with van der Waals surface area (Å²) in [4.78, 5) is 38.6. The zero-order chi connectivity index (χ0) is 34.2. The molecule has 4 aromatic rings. The van der Waals surface area contributed by atoms with E-state index in [0.717, 1.165) is 24.8 Å². The van der Waals surface area contributed by atoms with Crippen molar-refractivity contribution in [1.29, 1.82) is 0 Å². The van der Waals surface area contributed by atoms with E-state index in [1.165, 1.54) is 18.3 Å². The number of hydrogen-bond donors (Lipinski definition) is 0. The molecule has 0 radical (unpaired) electrons. The molecule has 0 N–H and O–H groups in total. The summed E-state index contributed by atoms with van der Waals surface area (Å²) < 4.78 is 87.6. The number of aromatic nitrogens is 4. The van der Waals surface area contributed by atoms with Crippen molar-refractivity contribution < 1.29 is 40.7 Å². The summed E-state index contributed by atoms with van der Waals surface area (Å²) in [5, 5.41) is 5.22. The fraction of sp³-hybridized carbons (Fsp3) is 0.424. The van der Waals surface area contributed by atoms with Crippen LogP contribution in [0.25, 0.3) is 10.8 Å². The summed E-state index contributed by atoms with van der Waals surface area (Å²) in [6.45, 7) is 3.21. The van der Waals surface area contributed by atoms with E-state index in [9.17, 15) is 35.9 Å². The maximum atomic E-state index is 13.8. The fourth-order valence-electron chi connectivity index (χ4n) is 6.18. The molecule has 15 heteroatoms. The van der Waals surface area contributed by atoms with Crippen LogP contribution < -0.4 is 4.74 Å². The molecule has 9 nitrogen and oxygen atoms in total. The van der Waals surface area contributed by atoms with E-state index < -0.39 is 35.8 Å². The van der Waals surface area contributed by atoms with E-state index in [4.69, 9.17) is 4.74 Å². The molecule has 2 amide bonds. The van der Waals surface area contributed by atoms with Gasteiger partial charge < -0.3 is 14.5 Å². The van der Waals surface area contributed by atoms with Crippen LogP contribution >= 0.6 is 0 Å². The van der Waals surface area contributed by atoms with Gasteiger partial charge in [-0.15, -0.1) is 0 Å². The highest BCUT2D eigenvalue weighted by Crippen LogP contribution is 2.37. The molecule has 48 heavy (non-hydrogen) atoms. The van der Waals surface area contributed by atoms with Crippen LogP contribution in [-0.2, 0) is 19.0 Å². The van der Waals surface area contributed by atoms with Crippen LogP contribution in [-0.4, -0.2) is 67.5 Å². The minimum Gasteiger partial charge on any atom is -0.471 e. The Morgan fingerprint density at radius 1 is 0.833 bits per heavy atom. The van der Waals surface area contributed by atoms with Gasteiger partial charge in [0.15, 0.2) is 0 Å².